The lowest BCUT2D eigenvalue weighted by atomic mass is 10.4. The first-order chi connectivity index (χ1) is 12.5. The molecule has 0 bridgehead atoms. The fourth-order valence-electron chi connectivity index (χ4n) is 2.36. The zero-order valence-electron chi connectivity index (χ0n) is 15.5. The first-order valence-electron chi connectivity index (χ1n) is 8.72. The number of aromatic nitrogens is 3. The van der Waals surface area contributed by atoms with Gasteiger partial charge in [0.1, 0.15) is 6.54 Å². The van der Waals surface area contributed by atoms with Crippen LogP contribution in [0.15, 0.2) is 29.4 Å². The van der Waals surface area contributed by atoms with Crippen molar-refractivity contribution >= 4 is 21.6 Å². The van der Waals surface area contributed by atoms with Crippen molar-refractivity contribution in [1.29, 1.82) is 0 Å². The molecule has 0 amide bonds. The minimum absolute atomic E-state index is 0.118. The molecule has 2 N–H and O–H groups in total. The van der Waals surface area contributed by atoms with Crippen LogP contribution in [0.25, 0.3) is 5.65 Å². The van der Waals surface area contributed by atoms with Crippen LogP contribution in [0.3, 0.4) is 0 Å². The molecule has 2 heterocycles. The van der Waals surface area contributed by atoms with Crippen molar-refractivity contribution in [3.8, 4) is 0 Å². The van der Waals surface area contributed by atoms with E-state index in [1.54, 1.807) is 14.0 Å². The van der Waals surface area contributed by atoms with Gasteiger partial charge in [0.05, 0.1) is 5.75 Å². The van der Waals surface area contributed by atoms with Crippen molar-refractivity contribution in [1.82, 2.24) is 29.5 Å². The third-order valence-electron chi connectivity index (χ3n) is 3.89. The fraction of sp³-hybridized carbons (Fsp3) is 0.562. The summed E-state index contributed by atoms with van der Waals surface area (Å²) in [6.07, 6.45) is 2.60. The minimum Gasteiger partial charge on any atom is -0.357 e. The van der Waals surface area contributed by atoms with Gasteiger partial charge in [0, 0.05) is 32.9 Å². The highest BCUT2D eigenvalue weighted by Gasteiger charge is 2.14. The summed E-state index contributed by atoms with van der Waals surface area (Å²) in [4.78, 5) is 4.53. The smallest absolute Gasteiger partial charge is 0.213 e. The number of pyridine rings is 1. The molecule has 0 aromatic carbocycles. The molecular weight excluding hydrogens is 354 g/mol. The first-order valence-corrected chi connectivity index (χ1v) is 10.3. The summed E-state index contributed by atoms with van der Waals surface area (Å²) >= 11 is 0. The van der Waals surface area contributed by atoms with Gasteiger partial charge in [-0.15, -0.1) is 10.2 Å². The summed E-state index contributed by atoms with van der Waals surface area (Å²) in [7, 11) is -1.52. The molecule has 0 fully saturated rings. The summed E-state index contributed by atoms with van der Waals surface area (Å²) < 4.78 is 26.7. The maximum atomic E-state index is 11.7. The van der Waals surface area contributed by atoms with Gasteiger partial charge in [-0.2, -0.15) is 0 Å². The van der Waals surface area contributed by atoms with Crippen molar-refractivity contribution in [3.05, 3.63) is 30.2 Å². The largest absolute Gasteiger partial charge is 0.357 e. The van der Waals surface area contributed by atoms with Crippen LogP contribution >= 0.6 is 0 Å². The molecule has 0 radical (unpaired) electrons. The Bertz CT molecular complexity index is 832. The summed E-state index contributed by atoms with van der Waals surface area (Å²) in [5.74, 6) is 1.54. The zero-order valence-corrected chi connectivity index (χ0v) is 16.3. The Morgan fingerprint density at radius 3 is 2.81 bits per heavy atom. The van der Waals surface area contributed by atoms with Crippen LogP contribution in [0.2, 0.25) is 0 Å². The lowest BCUT2D eigenvalue weighted by molar-refractivity contribution is 0.461. The van der Waals surface area contributed by atoms with Crippen molar-refractivity contribution in [2.75, 3.05) is 32.4 Å². The fourth-order valence-corrected chi connectivity index (χ4v) is 3.21. The Hall–Kier alpha value is -2.20. The van der Waals surface area contributed by atoms with E-state index in [4.69, 9.17) is 0 Å². The van der Waals surface area contributed by atoms with E-state index < -0.39 is 10.0 Å². The molecule has 0 unspecified atom stereocenters. The van der Waals surface area contributed by atoms with Gasteiger partial charge in [-0.3, -0.25) is 4.40 Å². The summed E-state index contributed by atoms with van der Waals surface area (Å²) in [6, 6.07) is 5.73. The molecule has 0 saturated heterocycles. The molecule has 0 aliphatic rings. The van der Waals surface area contributed by atoms with E-state index in [-0.39, 0.29) is 5.75 Å². The van der Waals surface area contributed by atoms with E-state index in [9.17, 15) is 8.42 Å². The monoisotopic (exact) mass is 381 g/mol. The average molecular weight is 382 g/mol. The van der Waals surface area contributed by atoms with Gasteiger partial charge in [0.2, 0.25) is 10.0 Å². The number of aliphatic imine (C=N–C) groups is 1. The molecule has 9 nitrogen and oxygen atoms in total. The van der Waals surface area contributed by atoms with Crippen LogP contribution in [0, 0.1) is 0 Å². The minimum atomic E-state index is -3.13. The van der Waals surface area contributed by atoms with Gasteiger partial charge in [-0.25, -0.2) is 17.7 Å². The number of nitrogens with one attached hydrogen (secondary N) is 2. The molecule has 0 atom stereocenters. The van der Waals surface area contributed by atoms with E-state index in [1.165, 1.54) is 4.31 Å². The second kappa shape index (κ2) is 9.48. The van der Waals surface area contributed by atoms with Gasteiger partial charge >= 0.3 is 0 Å². The third kappa shape index (κ3) is 5.40. The number of hydrogen-bond donors (Lipinski definition) is 2. The number of fused-ring (bicyclic) bond motifs is 1. The Morgan fingerprint density at radius 1 is 1.27 bits per heavy atom. The maximum absolute atomic E-state index is 11.7. The summed E-state index contributed by atoms with van der Waals surface area (Å²) in [6.45, 7) is 5.86. The topological polar surface area (TPSA) is 104 Å². The molecular formula is C16H27N7O2S. The Morgan fingerprint density at radius 2 is 2.08 bits per heavy atom. The van der Waals surface area contributed by atoms with Crippen LogP contribution in [0.1, 0.15) is 26.1 Å². The Labute approximate surface area is 154 Å². The first kappa shape index (κ1) is 20.1. The van der Waals surface area contributed by atoms with Gasteiger partial charge in [-0.1, -0.05) is 6.07 Å². The highest BCUT2D eigenvalue weighted by molar-refractivity contribution is 7.89. The number of rotatable bonds is 9. The molecule has 2 rings (SSSR count). The van der Waals surface area contributed by atoms with E-state index in [0.29, 0.717) is 32.0 Å². The molecule has 0 spiro atoms. The Kier molecular flexibility index (Phi) is 7.34. The van der Waals surface area contributed by atoms with Crippen LogP contribution in [0.4, 0.5) is 0 Å². The molecule has 0 aliphatic heterocycles. The van der Waals surface area contributed by atoms with E-state index in [0.717, 1.165) is 18.0 Å². The second-order valence-electron chi connectivity index (χ2n) is 5.74. The van der Waals surface area contributed by atoms with Crippen molar-refractivity contribution in [2.24, 2.45) is 4.99 Å². The number of sulfonamides is 1. The van der Waals surface area contributed by atoms with Crippen molar-refractivity contribution in [3.63, 3.8) is 0 Å². The summed E-state index contributed by atoms with van der Waals surface area (Å²) in [5.41, 5.74) is 0.788. The van der Waals surface area contributed by atoms with Crippen LogP contribution < -0.4 is 10.6 Å². The Balaban J connectivity index is 1.89. The van der Waals surface area contributed by atoms with Crippen LogP contribution in [-0.4, -0.2) is 65.7 Å². The van der Waals surface area contributed by atoms with Crippen LogP contribution in [-0.2, 0) is 16.6 Å². The predicted molar refractivity (Wildman–Crippen MR) is 103 cm³/mol. The van der Waals surface area contributed by atoms with Crippen molar-refractivity contribution < 1.29 is 8.42 Å². The predicted octanol–water partition coefficient (Wildman–Crippen LogP) is 0.456. The van der Waals surface area contributed by atoms with Gasteiger partial charge in [0.25, 0.3) is 0 Å². The number of hydrogen-bond acceptors (Lipinski definition) is 5. The SMILES string of the molecule is CCNC(=NCc1nnc2ccccn12)NCCCN(C)S(=O)(=O)CC. The highest BCUT2D eigenvalue weighted by Crippen LogP contribution is 2.03. The average Bonchev–Trinajstić information content (AvgIpc) is 3.06. The molecule has 0 saturated carbocycles. The lowest BCUT2D eigenvalue weighted by Crippen LogP contribution is -2.39. The molecule has 144 valence electrons. The molecule has 0 aliphatic carbocycles. The third-order valence-corrected chi connectivity index (χ3v) is 5.75. The molecule has 2 aromatic rings. The normalized spacial score (nSPS) is 12.7. The second-order valence-corrected chi connectivity index (χ2v) is 8.11. The number of guanidine groups is 1. The van der Waals surface area contributed by atoms with E-state index in [2.05, 4.69) is 25.8 Å². The molecule has 2 aromatic heterocycles. The molecule has 26 heavy (non-hydrogen) atoms. The van der Waals surface area contributed by atoms with Gasteiger partial charge < -0.3 is 10.6 Å². The van der Waals surface area contributed by atoms with Gasteiger partial charge in [0.15, 0.2) is 17.4 Å². The highest BCUT2D eigenvalue weighted by atomic mass is 32.2. The van der Waals surface area contributed by atoms with Crippen LogP contribution in [0.5, 0.6) is 0 Å². The standard InChI is InChI=1S/C16H27N7O2S/c1-4-17-16(18-10-8-11-22(3)26(24,25)5-2)19-13-15-21-20-14-9-6-7-12-23(14)15/h6-7,9,12H,4-5,8,10-11,13H2,1-3H3,(H2,17,18,19). The quantitative estimate of drug-likeness (QED) is 0.371. The summed E-state index contributed by atoms with van der Waals surface area (Å²) in [5, 5.41) is 14.7. The lowest BCUT2D eigenvalue weighted by Gasteiger charge is -2.16. The van der Waals surface area contributed by atoms with Gasteiger partial charge in [-0.05, 0) is 32.4 Å². The molecule has 10 heteroatoms. The van der Waals surface area contributed by atoms with E-state index >= 15 is 0 Å². The zero-order chi connectivity index (χ0) is 19.0. The van der Waals surface area contributed by atoms with E-state index in [1.807, 2.05) is 35.7 Å². The number of nitrogens with zero attached hydrogens (tertiary/aromatic N) is 5. The van der Waals surface area contributed by atoms with Crippen molar-refractivity contribution in [2.45, 2.75) is 26.8 Å². The maximum Gasteiger partial charge on any atom is 0.213 e.